The zero-order valence-corrected chi connectivity index (χ0v) is 11.6. The second kappa shape index (κ2) is 5.57. The number of fused-ring (bicyclic) bond motifs is 1. The summed E-state index contributed by atoms with van der Waals surface area (Å²) in [5.41, 5.74) is 7.32. The number of benzene rings is 2. The molecule has 0 aliphatic carbocycles. The molecule has 23 heavy (non-hydrogen) atoms. The SMILES string of the molecule is N#Cc1cn[nH]c1N=Nc1c(O)c(C([NH])=O)cc2ccccc12. The third-order valence-electron chi connectivity index (χ3n) is 3.23. The van der Waals surface area contributed by atoms with E-state index in [0.29, 0.717) is 10.8 Å². The summed E-state index contributed by atoms with van der Waals surface area (Å²) in [4.78, 5) is 11.4. The molecule has 1 aromatic heterocycles. The van der Waals surface area contributed by atoms with Crippen molar-refractivity contribution >= 4 is 28.2 Å². The molecule has 1 amide bonds. The lowest BCUT2D eigenvalue weighted by Crippen LogP contribution is -1.99. The first-order chi connectivity index (χ1) is 11.1. The molecule has 0 saturated heterocycles. The van der Waals surface area contributed by atoms with Gasteiger partial charge in [0.1, 0.15) is 17.3 Å². The van der Waals surface area contributed by atoms with Crippen LogP contribution in [0.1, 0.15) is 15.9 Å². The highest BCUT2D eigenvalue weighted by Gasteiger charge is 2.16. The number of H-pyrrole nitrogens is 1. The number of hydrogen-bond donors (Lipinski definition) is 2. The van der Waals surface area contributed by atoms with Gasteiger partial charge in [-0.25, -0.2) is 0 Å². The molecule has 0 fully saturated rings. The van der Waals surface area contributed by atoms with Crippen molar-refractivity contribution in [3.8, 4) is 11.8 Å². The number of phenolic OH excluding ortho intramolecular Hbond substituents is 1. The highest BCUT2D eigenvalue weighted by molar-refractivity contribution is 6.05. The quantitative estimate of drug-likeness (QED) is 0.718. The van der Waals surface area contributed by atoms with Gasteiger partial charge in [-0.05, 0) is 11.5 Å². The number of aromatic amines is 1. The maximum Gasteiger partial charge on any atom is 0.273 e. The smallest absolute Gasteiger partial charge is 0.273 e. The Morgan fingerprint density at radius 2 is 2.13 bits per heavy atom. The monoisotopic (exact) mass is 305 g/mol. The molecule has 0 aliphatic rings. The largest absolute Gasteiger partial charge is 0.505 e. The molecule has 2 aromatic carbocycles. The summed E-state index contributed by atoms with van der Waals surface area (Å²) in [5.74, 6) is -1.31. The zero-order chi connectivity index (χ0) is 16.4. The van der Waals surface area contributed by atoms with E-state index in [1.165, 1.54) is 12.3 Å². The number of amides is 1. The van der Waals surface area contributed by atoms with E-state index >= 15 is 0 Å². The van der Waals surface area contributed by atoms with Crippen LogP contribution in [0.25, 0.3) is 10.8 Å². The van der Waals surface area contributed by atoms with E-state index in [1.807, 2.05) is 6.07 Å². The molecule has 0 spiro atoms. The van der Waals surface area contributed by atoms with Crippen molar-refractivity contribution < 1.29 is 9.90 Å². The summed E-state index contributed by atoms with van der Waals surface area (Å²) < 4.78 is 0. The van der Waals surface area contributed by atoms with Crippen molar-refractivity contribution in [1.82, 2.24) is 15.9 Å². The summed E-state index contributed by atoms with van der Waals surface area (Å²) >= 11 is 0. The number of phenols is 1. The van der Waals surface area contributed by atoms with E-state index in [9.17, 15) is 9.90 Å². The highest BCUT2D eigenvalue weighted by Crippen LogP contribution is 2.39. The summed E-state index contributed by atoms with van der Waals surface area (Å²) in [6, 6.07) is 10.3. The average molecular weight is 305 g/mol. The number of aromatic hydroxyl groups is 1. The molecule has 8 heteroatoms. The van der Waals surface area contributed by atoms with Gasteiger partial charge in [-0.2, -0.15) is 10.4 Å². The molecule has 1 radical (unpaired) electrons. The van der Waals surface area contributed by atoms with Gasteiger partial charge in [0.2, 0.25) is 0 Å². The molecule has 3 N–H and O–H groups in total. The Bertz CT molecular complexity index is 983. The average Bonchev–Trinajstić information content (AvgIpc) is 3.00. The van der Waals surface area contributed by atoms with Gasteiger partial charge in [0.05, 0.1) is 11.8 Å². The number of azo groups is 1. The van der Waals surface area contributed by atoms with Crippen LogP contribution in [0.2, 0.25) is 0 Å². The maximum atomic E-state index is 11.4. The molecule has 0 atom stereocenters. The Morgan fingerprint density at radius 3 is 2.87 bits per heavy atom. The lowest BCUT2D eigenvalue weighted by molar-refractivity contribution is 0.0989. The van der Waals surface area contributed by atoms with E-state index in [1.54, 1.807) is 24.3 Å². The number of carbonyl (C=O) groups is 1. The van der Waals surface area contributed by atoms with Gasteiger partial charge in [0, 0.05) is 5.39 Å². The standard InChI is InChI=1S/C15H9N6O2/c16-6-9-7-18-20-15(9)21-19-12-10-4-2-1-3-8(10)5-11(13(12)22)14(17)23/h1-5,7,17,22H,(H,18,20). The summed E-state index contributed by atoms with van der Waals surface area (Å²) in [5, 5.41) is 34.4. The number of nitriles is 1. The Labute approximate surface area is 129 Å². The first kappa shape index (κ1) is 14.2. The molecular weight excluding hydrogens is 296 g/mol. The van der Waals surface area contributed by atoms with Crippen LogP contribution in [0.4, 0.5) is 11.5 Å². The van der Waals surface area contributed by atoms with Crippen molar-refractivity contribution in [3.63, 3.8) is 0 Å². The summed E-state index contributed by atoms with van der Waals surface area (Å²) in [7, 11) is 0. The number of nitrogens with one attached hydrogen (secondary N) is 2. The normalized spacial score (nSPS) is 10.9. The lowest BCUT2D eigenvalue weighted by atomic mass is 10.0. The molecular formula is C15H9N6O2. The van der Waals surface area contributed by atoms with Gasteiger partial charge >= 0.3 is 0 Å². The predicted molar refractivity (Wildman–Crippen MR) is 80.5 cm³/mol. The minimum atomic E-state index is -1.02. The molecule has 3 rings (SSSR count). The van der Waals surface area contributed by atoms with Gasteiger partial charge in [-0.15, -0.1) is 10.2 Å². The highest BCUT2D eigenvalue weighted by atomic mass is 16.3. The first-order valence-electron chi connectivity index (χ1n) is 6.47. The van der Waals surface area contributed by atoms with Crippen LogP contribution in [0.15, 0.2) is 46.8 Å². The fraction of sp³-hybridized carbons (Fsp3) is 0. The van der Waals surface area contributed by atoms with Gasteiger partial charge in [-0.3, -0.25) is 15.6 Å². The van der Waals surface area contributed by atoms with Gasteiger partial charge in [0.15, 0.2) is 11.6 Å². The fourth-order valence-corrected chi connectivity index (χ4v) is 2.13. The van der Waals surface area contributed by atoms with Crippen LogP contribution in [-0.2, 0) is 0 Å². The fourth-order valence-electron chi connectivity index (χ4n) is 2.13. The van der Waals surface area contributed by atoms with Crippen LogP contribution < -0.4 is 5.73 Å². The predicted octanol–water partition coefficient (Wildman–Crippen LogP) is 2.98. The van der Waals surface area contributed by atoms with E-state index in [-0.39, 0.29) is 22.6 Å². The van der Waals surface area contributed by atoms with E-state index in [0.717, 1.165) is 0 Å². The number of rotatable bonds is 3. The first-order valence-corrected chi connectivity index (χ1v) is 6.47. The Hall–Kier alpha value is -3.73. The van der Waals surface area contributed by atoms with E-state index in [2.05, 4.69) is 20.4 Å². The summed E-state index contributed by atoms with van der Waals surface area (Å²) in [6.45, 7) is 0. The number of hydrogen-bond acceptors (Lipinski definition) is 6. The lowest BCUT2D eigenvalue weighted by Gasteiger charge is -2.07. The molecule has 8 nitrogen and oxygen atoms in total. The molecule has 1 heterocycles. The minimum absolute atomic E-state index is 0.0530. The minimum Gasteiger partial charge on any atom is -0.505 e. The summed E-state index contributed by atoms with van der Waals surface area (Å²) in [6.07, 6.45) is 1.30. The third-order valence-corrected chi connectivity index (χ3v) is 3.23. The molecule has 0 aliphatic heterocycles. The Morgan fingerprint density at radius 1 is 1.35 bits per heavy atom. The maximum absolute atomic E-state index is 11.4. The van der Waals surface area contributed by atoms with Gasteiger partial charge < -0.3 is 5.11 Å². The molecule has 0 unspecified atom stereocenters. The molecule has 111 valence electrons. The second-order valence-electron chi connectivity index (χ2n) is 4.62. The molecule has 0 saturated carbocycles. The van der Waals surface area contributed by atoms with Crippen LogP contribution in [-0.4, -0.2) is 21.2 Å². The zero-order valence-electron chi connectivity index (χ0n) is 11.6. The van der Waals surface area contributed by atoms with Gasteiger partial charge in [-0.1, -0.05) is 24.3 Å². The van der Waals surface area contributed by atoms with Crippen LogP contribution in [0, 0.1) is 11.3 Å². The second-order valence-corrected chi connectivity index (χ2v) is 4.62. The van der Waals surface area contributed by atoms with Crippen LogP contribution in [0.3, 0.4) is 0 Å². The Balaban J connectivity index is 2.22. The topological polar surface area (TPSA) is 138 Å². The molecule has 3 aromatic rings. The van der Waals surface area contributed by atoms with Crippen molar-refractivity contribution in [2.75, 3.05) is 0 Å². The third kappa shape index (κ3) is 2.47. The van der Waals surface area contributed by atoms with Crippen molar-refractivity contribution in [1.29, 1.82) is 5.26 Å². The molecule has 0 bridgehead atoms. The van der Waals surface area contributed by atoms with E-state index < -0.39 is 11.7 Å². The van der Waals surface area contributed by atoms with Crippen molar-refractivity contribution in [3.05, 3.63) is 47.7 Å². The number of aromatic nitrogens is 2. The Kier molecular flexibility index (Phi) is 3.44. The van der Waals surface area contributed by atoms with Crippen molar-refractivity contribution in [2.24, 2.45) is 10.2 Å². The number of nitrogens with zero attached hydrogens (tertiary/aromatic N) is 4. The van der Waals surface area contributed by atoms with Crippen LogP contribution >= 0.6 is 0 Å². The van der Waals surface area contributed by atoms with E-state index in [4.69, 9.17) is 11.0 Å². The number of carbonyl (C=O) groups excluding carboxylic acids is 1. The van der Waals surface area contributed by atoms with Crippen LogP contribution in [0.5, 0.6) is 5.75 Å². The van der Waals surface area contributed by atoms with Crippen molar-refractivity contribution in [2.45, 2.75) is 0 Å². The van der Waals surface area contributed by atoms with Gasteiger partial charge in [0.25, 0.3) is 5.91 Å².